The highest BCUT2D eigenvalue weighted by molar-refractivity contribution is 5.37. The van der Waals surface area contributed by atoms with Crippen LogP contribution < -0.4 is 0 Å². The summed E-state index contributed by atoms with van der Waals surface area (Å²) in [4.78, 5) is 1.98. The zero-order valence-corrected chi connectivity index (χ0v) is 9.86. The van der Waals surface area contributed by atoms with E-state index in [0.717, 1.165) is 17.7 Å². The summed E-state index contributed by atoms with van der Waals surface area (Å²) in [7, 11) is 1.92. The highest BCUT2D eigenvalue weighted by Gasteiger charge is 2.09. The Morgan fingerprint density at radius 2 is 2.06 bits per heavy atom. The number of nitriles is 2. The highest BCUT2D eigenvalue weighted by atomic mass is 15.1. The first-order valence-electron chi connectivity index (χ1n) is 5.18. The Morgan fingerprint density at radius 3 is 2.56 bits per heavy atom. The lowest BCUT2D eigenvalue weighted by molar-refractivity contribution is 0.294. The van der Waals surface area contributed by atoms with Crippen LogP contribution in [0.25, 0.3) is 0 Å². The predicted molar refractivity (Wildman–Crippen MR) is 62.4 cm³/mol. The van der Waals surface area contributed by atoms with E-state index in [1.54, 1.807) is 0 Å². The Balaban J connectivity index is 2.84. The van der Waals surface area contributed by atoms with Crippen molar-refractivity contribution < 1.29 is 0 Å². The largest absolute Gasteiger partial charge is 0.287 e. The molecule has 0 aliphatic rings. The predicted octanol–water partition coefficient (Wildman–Crippen LogP) is 2.21. The van der Waals surface area contributed by atoms with Gasteiger partial charge in [0.05, 0.1) is 23.7 Å². The summed E-state index contributed by atoms with van der Waals surface area (Å²) in [6.07, 6.45) is 0. The van der Waals surface area contributed by atoms with Crippen LogP contribution in [0.2, 0.25) is 0 Å². The minimum atomic E-state index is -0.102. The topological polar surface area (TPSA) is 50.8 Å². The molecule has 1 aromatic carbocycles. The van der Waals surface area contributed by atoms with E-state index >= 15 is 0 Å². The lowest BCUT2D eigenvalue weighted by Gasteiger charge is -2.20. The van der Waals surface area contributed by atoms with Gasteiger partial charge in [-0.2, -0.15) is 10.5 Å². The standard InChI is InChI=1S/C13H15N3/c1-10-6-12(8-15)4-5-13(10)9-16(3)11(2)7-14/h4-6,11H,9H2,1-3H3. The third-order valence-corrected chi connectivity index (χ3v) is 2.74. The quantitative estimate of drug-likeness (QED) is 0.773. The number of nitrogens with zero attached hydrogens (tertiary/aromatic N) is 3. The molecule has 1 rings (SSSR count). The van der Waals surface area contributed by atoms with Crippen LogP contribution in [0, 0.1) is 29.6 Å². The van der Waals surface area contributed by atoms with Gasteiger partial charge < -0.3 is 0 Å². The van der Waals surface area contributed by atoms with Crippen LogP contribution in [0.3, 0.4) is 0 Å². The van der Waals surface area contributed by atoms with Crippen LogP contribution >= 0.6 is 0 Å². The zero-order chi connectivity index (χ0) is 12.1. The fourth-order valence-electron chi connectivity index (χ4n) is 1.45. The van der Waals surface area contributed by atoms with Gasteiger partial charge in [-0.3, -0.25) is 4.90 Å². The van der Waals surface area contributed by atoms with Crippen molar-refractivity contribution in [2.24, 2.45) is 0 Å². The first kappa shape index (κ1) is 12.2. The van der Waals surface area contributed by atoms with E-state index in [0.29, 0.717) is 5.56 Å². The van der Waals surface area contributed by atoms with E-state index in [1.165, 1.54) is 0 Å². The molecule has 1 aromatic rings. The summed E-state index contributed by atoms with van der Waals surface area (Å²) in [5.41, 5.74) is 2.93. The SMILES string of the molecule is Cc1cc(C#N)ccc1CN(C)C(C)C#N. The van der Waals surface area contributed by atoms with Crippen molar-refractivity contribution >= 4 is 0 Å². The fraction of sp³-hybridized carbons (Fsp3) is 0.385. The summed E-state index contributed by atoms with van der Waals surface area (Å²) in [5, 5.41) is 17.6. The Hall–Kier alpha value is -1.84. The normalized spacial score (nSPS) is 11.9. The van der Waals surface area contributed by atoms with Crippen LogP contribution in [-0.2, 0) is 6.54 Å². The zero-order valence-electron chi connectivity index (χ0n) is 9.86. The first-order valence-corrected chi connectivity index (χ1v) is 5.18. The molecule has 82 valence electrons. The molecule has 0 heterocycles. The number of hydrogen-bond acceptors (Lipinski definition) is 3. The van der Waals surface area contributed by atoms with E-state index in [1.807, 2.05) is 44.0 Å². The van der Waals surface area contributed by atoms with Gasteiger partial charge in [0.2, 0.25) is 0 Å². The third kappa shape index (κ3) is 2.82. The van der Waals surface area contributed by atoms with Crippen LogP contribution in [-0.4, -0.2) is 18.0 Å². The summed E-state index contributed by atoms with van der Waals surface area (Å²) >= 11 is 0. The molecule has 0 radical (unpaired) electrons. The second-order valence-electron chi connectivity index (χ2n) is 3.97. The maximum absolute atomic E-state index is 8.80. The molecule has 0 fully saturated rings. The third-order valence-electron chi connectivity index (χ3n) is 2.74. The van der Waals surface area contributed by atoms with Crippen molar-refractivity contribution in [2.75, 3.05) is 7.05 Å². The van der Waals surface area contributed by atoms with Gasteiger partial charge in [0.1, 0.15) is 0 Å². The van der Waals surface area contributed by atoms with Gasteiger partial charge in [0.25, 0.3) is 0 Å². The van der Waals surface area contributed by atoms with Gasteiger partial charge in [-0.15, -0.1) is 0 Å². The van der Waals surface area contributed by atoms with Crippen LogP contribution in [0.4, 0.5) is 0 Å². The average molecular weight is 213 g/mol. The van der Waals surface area contributed by atoms with Gasteiger partial charge in [0.15, 0.2) is 0 Å². The minimum absolute atomic E-state index is 0.102. The van der Waals surface area contributed by atoms with Gasteiger partial charge >= 0.3 is 0 Å². The summed E-state index contributed by atoms with van der Waals surface area (Å²) < 4.78 is 0. The Morgan fingerprint density at radius 1 is 1.38 bits per heavy atom. The minimum Gasteiger partial charge on any atom is -0.287 e. The van der Waals surface area contributed by atoms with Crippen molar-refractivity contribution in [1.82, 2.24) is 4.90 Å². The van der Waals surface area contributed by atoms with E-state index in [9.17, 15) is 0 Å². The second-order valence-corrected chi connectivity index (χ2v) is 3.97. The molecule has 3 nitrogen and oxygen atoms in total. The molecule has 0 aliphatic carbocycles. The molecule has 0 bridgehead atoms. The van der Waals surface area contributed by atoms with Gasteiger partial charge in [-0.25, -0.2) is 0 Å². The fourth-order valence-corrected chi connectivity index (χ4v) is 1.45. The number of rotatable bonds is 3. The molecular weight excluding hydrogens is 198 g/mol. The number of aryl methyl sites for hydroxylation is 1. The number of hydrogen-bond donors (Lipinski definition) is 0. The molecule has 0 N–H and O–H groups in total. The average Bonchev–Trinajstić information content (AvgIpc) is 2.30. The van der Waals surface area contributed by atoms with Crippen molar-refractivity contribution in [2.45, 2.75) is 26.4 Å². The van der Waals surface area contributed by atoms with E-state index in [-0.39, 0.29) is 6.04 Å². The molecule has 0 aromatic heterocycles. The maximum Gasteiger partial charge on any atom is 0.0991 e. The van der Waals surface area contributed by atoms with Crippen molar-refractivity contribution in [3.63, 3.8) is 0 Å². The summed E-state index contributed by atoms with van der Waals surface area (Å²) in [5.74, 6) is 0. The Kier molecular flexibility index (Phi) is 4.05. The van der Waals surface area contributed by atoms with E-state index in [2.05, 4.69) is 12.1 Å². The van der Waals surface area contributed by atoms with Crippen LogP contribution in [0.1, 0.15) is 23.6 Å². The second kappa shape index (κ2) is 5.30. The molecule has 0 amide bonds. The molecule has 1 atom stereocenters. The van der Waals surface area contributed by atoms with Crippen LogP contribution in [0.5, 0.6) is 0 Å². The van der Waals surface area contributed by atoms with E-state index in [4.69, 9.17) is 10.5 Å². The first-order chi connectivity index (χ1) is 7.58. The monoisotopic (exact) mass is 213 g/mol. The maximum atomic E-state index is 8.80. The van der Waals surface area contributed by atoms with Gasteiger partial charge in [-0.05, 0) is 44.2 Å². The number of benzene rings is 1. The molecule has 0 spiro atoms. The van der Waals surface area contributed by atoms with Crippen molar-refractivity contribution in [1.29, 1.82) is 10.5 Å². The molecule has 0 saturated carbocycles. The molecule has 0 aliphatic heterocycles. The van der Waals surface area contributed by atoms with Crippen LogP contribution in [0.15, 0.2) is 18.2 Å². The molecule has 1 unspecified atom stereocenters. The van der Waals surface area contributed by atoms with E-state index < -0.39 is 0 Å². The summed E-state index contributed by atoms with van der Waals surface area (Å²) in [6, 6.07) is 9.86. The molecule has 3 heteroatoms. The molecule has 16 heavy (non-hydrogen) atoms. The Bertz CT molecular complexity index is 451. The highest BCUT2D eigenvalue weighted by Crippen LogP contribution is 2.13. The van der Waals surface area contributed by atoms with Crippen molar-refractivity contribution in [3.8, 4) is 12.1 Å². The lowest BCUT2D eigenvalue weighted by Crippen LogP contribution is -2.27. The molecular formula is C13H15N3. The molecule has 0 saturated heterocycles. The van der Waals surface area contributed by atoms with Gasteiger partial charge in [-0.1, -0.05) is 6.07 Å². The van der Waals surface area contributed by atoms with Crippen molar-refractivity contribution in [3.05, 3.63) is 34.9 Å². The Labute approximate surface area is 96.5 Å². The lowest BCUT2D eigenvalue weighted by atomic mass is 10.0. The smallest absolute Gasteiger partial charge is 0.0991 e. The van der Waals surface area contributed by atoms with Gasteiger partial charge in [0, 0.05) is 6.54 Å². The summed E-state index contributed by atoms with van der Waals surface area (Å²) in [6.45, 7) is 4.59.